The van der Waals surface area contributed by atoms with Gasteiger partial charge < -0.3 is 16.0 Å². The Morgan fingerprint density at radius 2 is 2.07 bits per heavy atom. The fraction of sp³-hybridized carbons (Fsp3) is 0.909. The monoisotopic (exact) mass is 210 g/mol. The standard InChI is InChI=1S/C11H22N4/c1-15(2)10(8-3-4-8)7-13-11(12)14-9-5-6-9/h8-10H,3-7H2,1-2H3,(H3,12,13,14). The van der Waals surface area contributed by atoms with Crippen LogP contribution in [-0.4, -0.2) is 43.6 Å². The fourth-order valence-electron chi connectivity index (χ4n) is 1.89. The third-order valence-electron chi connectivity index (χ3n) is 3.21. The molecule has 0 heterocycles. The lowest BCUT2D eigenvalue weighted by Gasteiger charge is -2.22. The van der Waals surface area contributed by atoms with Crippen molar-refractivity contribution in [1.29, 1.82) is 0 Å². The molecule has 0 spiro atoms. The van der Waals surface area contributed by atoms with Gasteiger partial charge in [-0.25, -0.2) is 0 Å². The predicted octanol–water partition coefficient (Wildman–Crippen LogP) is 0.393. The molecule has 2 rings (SSSR count). The van der Waals surface area contributed by atoms with E-state index in [9.17, 15) is 0 Å². The molecule has 0 aliphatic heterocycles. The molecule has 0 saturated heterocycles. The quantitative estimate of drug-likeness (QED) is 0.510. The Morgan fingerprint density at radius 1 is 1.40 bits per heavy atom. The van der Waals surface area contributed by atoms with Crippen LogP contribution in [0.5, 0.6) is 0 Å². The van der Waals surface area contributed by atoms with Gasteiger partial charge in [0.25, 0.3) is 0 Å². The molecule has 0 aromatic rings. The molecule has 1 unspecified atom stereocenters. The van der Waals surface area contributed by atoms with Crippen LogP contribution in [0.2, 0.25) is 0 Å². The van der Waals surface area contributed by atoms with E-state index in [1.165, 1.54) is 25.7 Å². The van der Waals surface area contributed by atoms with E-state index in [0.717, 1.165) is 12.5 Å². The lowest BCUT2D eigenvalue weighted by atomic mass is 10.2. The number of nitrogens with two attached hydrogens (primary N) is 1. The van der Waals surface area contributed by atoms with Crippen LogP contribution < -0.4 is 11.1 Å². The van der Waals surface area contributed by atoms with Gasteiger partial charge in [0, 0.05) is 12.1 Å². The van der Waals surface area contributed by atoms with Gasteiger partial charge in [0.15, 0.2) is 5.96 Å². The average Bonchev–Trinajstić information content (AvgIpc) is 2.96. The second-order valence-corrected chi connectivity index (χ2v) is 5.01. The first-order valence-electron chi connectivity index (χ1n) is 5.89. The molecule has 4 heteroatoms. The molecule has 0 aromatic heterocycles. The van der Waals surface area contributed by atoms with Crippen molar-refractivity contribution in [3.63, 3.8) is 0 Å². The van der Waals surface area contributed by atoms with Crippen LogP contribution in [0, 0.1) is 5.92 Å². The van der Waals surface area contributed by atoms with Crippen LogP contribution in [0.3, 0.4) is 0 Å². The van der Waals surface area contributed by atoms with E-state index >= 15 is 0 Å². The second kappa shape index (κ2) is 4.39. The number of guanidine groups is 1. The summed E-state index contributed by atoms with van der Waals surface area (Å²) in [6.45, 7) is 0.837. The molecule has 2 fully saturated rings. The summed E-state index contributed by atoms with van der Waals surface area (Å²) in [5.74, 6) is 1.47. The lowest BCUT2D eigenvalue weighted by Crippen LogP contribution is -2.37. The smallest absolute Gasteiger partial charge is 0.188 e. The largest absolute Gasteiger partial charge is 0.370 e. The minimum absolute atomic E-state index is 0.574. The average molecular weight is 210 g/mol. The van der Waals surface area contributed by atoms with Crippen LogP contribution in [-0.2, 0) is 0 Å². The van der Waals surface area contributed by atoms with Crippen molar-refractivity contribution in [2.24, 2.45) is 16.6 Å². The highest BCUT2D eigenvalue weighted by Crippen LogP contribution is 2.34. The molecule has 0 bridgehead atoms. The first-order valence-corrected chi connectivity index (χ1v) is 5.89. The maximum absolute atomic E-state index is 5.80. The maximum atomic E-state index is 5.80. The number of hydrogen-bond acceptors (Lipinski definition) is 2. The predicted molar refractivity (Wildman–Crippen MR) is 62.8 cm³/mol. The van der Waals surface area contributed by atoms with Crippen molar-refractivity contribution in [2.75, 3.05) is 20.6 Å². The molecule has 4 nitrogen and oxygen atoms in total. The maximum Gasteiger partial charge on any atom is 0.188 e. The lowest BCUT2D eigenvalue weighted by molar-refractivity contribution is 0.271. The first-order chi connectivity index (χ1) is 7.16. The molecular formula is C11H22N4. The highest BCUT2D eigenvalue weighted by Gasteiger charge is 2.32. The van der Waals surface area contributed by atoms with E-state index in [1.807, 2.05) is 0 Å². The minimum Gasteiger partial charge on any atom is -0.370 e. The molecule has 0 amide bonds. The van der Waals surface area contributed by atoms with E-state index in [-0.39, 0.29) is 0 Å². The number of nitrogens with zero attached hydrogens (tertiary/aromatic N) is 2. The molecule has 1 atom stereocenters. The number of hydrogen-bond donors (Lipinski definition) is 2. The van der Waals surface area contributed by atoms with Crippen LogP contribution in [0.4, 0.5) is 0 Å². The van der Waals surface area contributed by atoms with Gasteiger partial charge >= 0.3 is 0 Å². The zero-order chi connectivity index (χ0) is 10.8. The summed E-state index contributed by atoms with van der Waals surface area (Å²) in [7, 11) is 4.26. The van der Waals surface area contributed by atoms with Gasteiger partial charge in [0.05, 0.1) is 6.54 Å². The van der Waals surface area contributed by atoms with Crippen LogP contribution >= 0.6 is 0 Å². The van der Waals surface area contributed by atoms with Gasteiger partial charge in [-0.2, -0.15) is 0 Å². The SMILES string of the molecule is CN(C)C(CN=C(N)NC1CC1)C1CC1. The van der Waals surface area contributed by atoms with Crippen molar-refractivity contribution in [3.8, 4) is 0 Å². The first kappa shape index (κ1) is 10.7. The van der Waals surface area contributed by atoms with Gasteiger partial charge in [-0.1, -0.05) is 0 Å². The van der Waals surface area contributed by atoms with Crippen molar-refractivity contribution in [3.05, 3.63) is 0 Å². The van der Waals surface area contributed by atoms with Crippen molar-refractivity contribution in [1.82, 2.24) is 10.2 Å². The summed E-state index contributed by atoms with van der Waals surface area (Å²) < 4.78 is 0. The Bertz CT molecular complexity index is 239. The molecule has 3 N–H and O–H groups in total. The molecule has 0 aromatic carbocycles. The number of rotatable bonds is 5. The molecule has 2 saturated carbocycles. The Kier molecular flexibility index (Phi) is 3.14. The van der Waals surface area contributed by atoms with Crippen LogP contribution in [0.1, 0.15) is 25.7 Å². The number of likely N-dealkylation sites (N-methyl/N-ethyl adjacent to an activating group) is 1. The Hall–Kier alpha value is -0.770. The summed E-state index contributed by atoms with van der Waals surface area (Å²) in [4.78, 5) is 6.70. The van der Waals surface area contributed by atoms with Gasteiger partial charge in [-0.05, 0) is 45.7 Å². The van der Waals surface area contributed by atoms with Crippen molar-refractivity contribution >= 4 is 5.96 Å². The molecule has 86 valence electrons. The Morgan fingerprint density at radius 3 is 2.53 bits per heavy atom. The Balaban J connectivity index is 1.77. The van der Waals surface area contributed by atoms with Crippen LogP contribution in [0.15, 0.2) is 4.99 Å². The normalized spacial score (nSPS) is 24.3. The van der Waals surface area contributed by atoms with Gasteiger partial charge in [0.1, 0.15) is 0 Å². The van der Waals surface area contributed by atoms with E-state index in [1.54, 1.807) is 0 Å². The zero-order valence-electron chi connectivity index (χ0n) is 9.74. The number of nitrogens with one attached hydrogen (secondary N) is 1. The van der Waals surface area contributed by atoms with Gasteiger partial charge in [-0.15, -0.1) is 0 Å². The van der Waals surface area contributed by atoms with Gasteiger partial charge in [-0.3, -0.25) is 4.99 Å². The summed E-state index contributed by atoms with van der Waals surface area (Å²) in [5, 5.41) is 3.22. The molecule has 15 heavy (non-hydrogen) atoms. The topological polar surface area (TPSA) is 53.6 Å². The van der Waals surface area contributed by atoms with E-state index in [2.05, 4.69) is 29.3 Å². The molecule has 0 radical (unpaired) electrons. The van der Waals surface area contributed by atoms with E-state index < -0.39 is 0 Å². The third kappa shape index (κ3) is 3.38. The summed E-state index contributed by atoms with van der Waals surface area (Å²) in [5.41, 5.74) is 5.80. The molecular weight excluding hydrogens is 188 g/mol. The minimum atomic E-state index is 0.574. The summed E-state index contributed by atoms with van der Waals surface area (Å²) in [6.07, 6.45) is 5.20. The highest BCUT2D eigenvalue weighted by molar-refractivity contribution is 5.78. The fourth-order valence-corrected chi connectivity index (χ4v) is 1.89. The summed E-state index contributed by atoms with van der Waals surface area (Å²) in [6, 6.07) is 1.18. The third-order valence-corrected chi connectivity index (χ3v) is 3.21. The number of aliphatic imine (C=N–C) groups is 1. The zero-order valence-corrected chi connectivity index (χ0v) is 9.74. The van der Waals surface area contributed by atoms with Crippen LogP contribution in [0.25, 0.3) is 0 Å². The highest BCUT2D eigenvalue weighted by atomic mass is 15.2. The second-order valence-electron chi connectivity index (χ2n) is 5.01. The van der Waals surface area contributed by atoms with E-state index in [4.69, 9.17) is 5.73 Å². The van der Waals surface area contributed by atoms with E-state index in [0.29, 0.717) is 18.0 Å². The van der Waals surface area contributed by atoms with Crippen molar-refractivity contribution < 1.29 is 0 Å². The molecule has 2 aliphatic carbocycles. The molecule has 2 aliphatic rings. The Labute approximate surface area is 91.9 Å². The van der Waals surface area contributed by atoms with Gasteiger partial charge in [0.2, 0.25) is 0 Å². The van der Waals surface area contributed by atoms with Crippen molar-refractivity contribution in [2.45, 2.75) is 37.8 Å². The summed E-state index contributed by atoms with van der Waals surface area (Å²) >= 11 is 0.